The van der Waals surface area contributed by atoms with Crippen LogP contribution in [0.3, 0.4) is 0 Å². The molecule has 2 aromatic carbocycles. The van der Waals surface area contributed by atoms with E-state index in [0.29, 0.717) is 28.2 Å². The Bertz CT molecular complexity index is 1800. The summed E-state index contributed by atoms with van der Waals surface area (Å²) < 4.78 is 29.7. The first-order chi connectivity index (χ1) is 26.4. The first kappa shape index (κ1) is 50.0. The molecule has 2 aromatic rings. The van der Waals surface area contributed by atoms with Gasteiger partial charge in [-0.2, -0.15) is 11.8 Å². The van der Waals surface area contributed by atoms with Crippen LogP contribution >= 0.6 is 11.8 Å². The zero-order chi connectivity index (χ0) is 44.6. The quantitative estimate of drug-likeness (QED) is 0.0344. The van der Waals surface area contributed by atoms with Crippen molar-refractivity contribution in [2.24, 2.45) is 0 Å². The number of nitrogens with zero attached hydrogens (tertiary/aromatic N) is 1. The van der Waals surface area contributed by atoms with Crippen LogP contribution in [0.15, 0.2) is 30.3 Å². The van der Waals surface area contributed by atoms with Gasteiger partial charge in [0.15, 0.2) is 0 Å². The van der Waals surface area contributed by atoms with E-state index in [1.807, 2.05) is 6.07 Å². The summed E-state index contributed by atoms with van der Waals surface area (Å²) in [4.78, 5) is 62.9. The molecule has 0 fully saturated rings. The van der Waals surface area contributed by atoms with E-state index in [9.17, 15) is 34.4 Å². The fourth-order valence-electron chi connectivity index (χ4n) is 4.71. The average Bonchev–Trinajstić information content (AvgIpc) is 3.06. The Labute approximate surface area is 349 Å². The van der Waals surface area contributed by atoms with Gasteiger partial charge in [0.05, 0.1) is 24.0 Å². The number of non-ortho nitro benzene ring substituents is 1. The summed E-state index contributed by atoms with van der Waals surface area (Å²) in [7, 11) is -3.83. The molecule has 0 bridgehead atoms. The molecule has 58 heavy (non-hydrogen) atoms. The Morgan fingerprint density at radius 3 is 1.90 bits per heavy atom. The normalized spacial score (nSPS) is 13.4. The average molecular weight is 866 g/mol. The molecule has 0 aliphatic rings. The van der Waals surface area contributed by atoms with E-state index in [2.05, 4.69) is 78.4 Å². The third-order valence-corrected chi connectivity index (χ3v) is 19.8. The number of thioether (sulfide) groups is 1. The van der Waals surface area contributed by atoms with Crippen molar-refractivity contribution in [1.82, 2.24) is 10.6 Å². The first-order valence-electron chi connectivity index (χ1n) is 19.0. The van der Waals surface area contributed by atoms with Crippen molar-refractivity contribution in [3.05, 3.63) is 62.7 Å². The Morgan fingerprint density at radius 2 is 1.41 bits per heavy atom. The fourth-order valence-corrected chi connectivity index (χ4v) is 7.88. The SMILES string of the molecule is COC(=O)[C@@H](CSCc1c(O[Si](C)(C)C(C)(C)C)cc(O[Si](C)(C)C(C)(C)C)c(C)c1C(=O)OCc1ccc([N+](=O)[O-])cc1)NC(=O)C[C@H](O)NC(=O)OC(C)(C)C. The van der Waals surface area contributed by atoms with Gasteiger partial charge >= 0.3 is 18.0 Å². The Morgan fingerprint density at radius 1 is 0.879 bits per heavy atom. The van der Waals surface area contributed by atoms with Crippen LogP contribution in [0.25, 0.3) is 0 Å². The van der Waals surface area contributed by atoms with E-state index in [1.165, 1.54) is 43.1 Å². The number of nitrogens with one attached hydrogen (secondary N) is 2. The van der Waals surface area contributed by atoms with Crippen molar-refractivity contribution in [1.29, 1.82) is 0 Å². The number of carbonyl (C=O) groups excluding carboxylic acids is 4. The van der Waals surface area contributed by atoms with Gasteiger partial charge in [-0.1, -0.05) is 41.5 Å². The lowest BCUT2D eigenvalue weighted by molar-refractivity contribution is -0.384. The first-order valence-corrected chi connectivity index (χ1v) is 25.9. The summed E-state index contributed by atoms with van der Waals surface area (Å²) in [5.74, 6) is -1.13. The van der Waals surface area contributed by atoms with Crippen LogP contribution in [-0.4, -0.2) is 81.3 Å². The lowest BCUT2D eigenvalue weighted by Gasteiger charge is -2.39. The second-order valence-corrected chi connectivity index (χ2v) is 28.6. The summed E-state index contributed by atoms with van der Waals surface area (Å²) in [6, 6.07) is 6.38. The molecule has 2 atom stereocenters. The predicted octanol–water partition coefficient (Wildman–Crippen LogP) is 8.15. The number of aliphatic hydroxyl groups is 1. The van der Waals surface area contributed by atoms with Crippen LogP contribution in [0.5, 0.6) is 11.5 Å². The van der Waals surface area contributed by atoms with Crippen LogP contribution in [-0.2, 0) is 36.2 Å². The lowest BCUT2D eigenvalue weighted by Crippen LogP contribution is -2.47. The number of aliphatic hydroxyl groups excluding tert-OH is 1. The van der Waals surface area contributed by atoms with E-state index in [-0.39, 0.29) is 39.4 Å². The molecule has 0 aliphatic heterocycles. The molecule has 0 aliphatic carbocycles. The van der Waals surface area contributed by atoms with Crippen LogP contribution in [0.1, 0.15) is 95.8 Å². The van der Waals surface area contributed by atoms with Gasteiger partial charge in [-0.25, -0.2) is 14.4 Å². The van der Waals surface area contributed by atoms with Gasteiger partial charge in [-0.05, 0) is 81.7 Å². The number of alkyl carbamates (subject to hydrolysis) is 1. The van der Waals surface area contributed by atoms with Crippen molar-refractivity contribution in [2.45, 2.75) is 142 Å². The van der Waals surface area contributed by atoms with Crippen LogP contribution in [0.4, 0.5) is 10.5 Å². The highest BCUT2D eigenvalue weighted by Gasteiger charge is 2.42. The molecule has 0 saturated heterocycles. The third kappa shape index (κ3) is 14.6. The van der Waals surface area contributed by atoms with Gasteiger partial charge in [0, 0.05) is 40.8 Å². The number of methoxy groups -OCH3 is 1. The number of ether oxygens (including phenoxy) is 3. The molecule has 0 saturated carbocycles. The van der Waals surface area contributed by atoms with Gasteiger partial charge in [0.1, 0.15) is 36.0 Å². The number of hydrogen-bond donors (Lipinski definition) is 3. The molecule has 0 aromatic heterocycles. The van der Waals surface area contributed by atoms with Crippen molar-refractivity contribution in [3.63, 3.8) is 0 Å². The summed E-state index contributed by atoms with van der Waals surface area (Å²) in [5, 5.41) is 25.8. The summed E-state index contributed by atoms with van der Waals surface area (Å²) in [5.41, 5.74) is 0.867. The van der Waals surface area contributed by atoms with Gasteiger partial charge in [-0.3, -0.25) is 20.2 Å². The highest BCUT2D eigenvalue weighted by molar-refractivity contribution is 7.98. The zero-order valence-corrected chi connectivity index (χ0v) is 39.5. The van der Waals surface area contributed by atoms with E-state index in [0.717, 1.165) is 0 Å². The highest BCUT2D eigenvalue weighted by Crippen LogP contribution is 2.45. The van der Waals surface area contributed by atoms with E-state index < -0.39 is 69.8 Å². The van der Waals surface area contributed by atoms with Crippen LogP contribution < -0.4 is 19.5 Å². The number of esters is 2. The van der Waals surface area contributed by atoms with Crippen molar-refractivity contribution in [2.75, 3.05) is 12.9 Å². The smallest absolute Gasteiger partial charge is 0.409 e. The van der Waals surface area contributed by atoms with Crippen LogP contribution in [0.2, 0.25) is 36.3 Å². The summed E-state index contributed by atoms with van der Waals surface area (Å²) in [6.07, 6.45) is -3.08. The molecule has 15 nitrogen and oxygen atoms in total. The number of nitro benzene ring substituents is 1. The third-order valence-electron chi connectivity index (χ3n) is 10.1. The topological polar surface area (TPSA) is 202 Å². The van der Waals surface area contributed by atoms with Crippen molar-refractivity contribution < 1.29 is 52.3 Å². The molecule has 3 N–H and O–H groups in total. The number of nitro groups is 1. The maximum atomic E-state index is 14.3. The predicted molar refractivity (Wildman–Crippen MR) is 229 cm³/mol. The molecule has 2 amide bonds. The monoisotopic (exact) mass is 865 g/mol. The maximum Gasteiger partial charge on any atom is 0.409 e. The van der Waals surface area contributed by atoms with Crippen molar-refractivity contribution in [3.8, 4) is 11.5 Å². The molecule has 2 rings (SSSR count). The highest BCUT2D eigenvalue weighted by atomic mass is 32.2. The Kier molecular flexibility index (Phi) is 17.0. The molecular weight excluding hydrogens is 803 g/mol. The van der Waals surface area contributed by atoms with E-state index in [4.69, 9.17) is 23.1 Å². The minimum atomic E-state index is -2.56. The fraction of sp³-hybridized carbons (Fsp3) is 0.600. The number of rotatable bonds is 17. The Hall–Kier alpha value is -4.14. The van der Waals surface area contributed by atoms with Gasteiger partial charge < -0.3 is 33.5 Å². The second-order valence-electron chi connectivity index (χ2n) is 18.1. The molecule has 18 heteroatoms. The molecule has 324 valence electrons. The maximum absolute atomic E-state index is 14.3. The molecule has 0 heterocycles. The van der Waals surface area contributed by atoms with E-state index in [1.54, 1.807) is 27.7 Å². The number of carbonyl (C=O) groups is 4. The number of amides is 2. The van der Waals surface area contributed by atoms with Gasteiger partial charge in [0.2, 0.25) is 22.5 Å². The van der Waals surface area contributed by atoms with Crippen LogP contribution in [0, 0.1) is 17.0 Å². The molecule has 0 spiro atoms. The summed E-state index contributed by atoms with van der Waals surface area (Å²) in [6.45, 7) is 27.6. The molecule has 0 unspecified atom stereocenters. The van der Waals surface area contributed by atoms with Crippen molar-refractivity contribution >= 4 is 58.0 Å². The number of benzene rings is 2. The second kappa shape index (κ2) is 19.7. The minimum absolute atomic E-state index is 0.00785. The van der Waals surface area contributed by atoms with Gasteiger partial charge in [-0.15, -0.1) is 0 Å². The lowest BCUT2D eigenvalue weighted by atomic mass is 10.0. The molecular formula is C40H63N3O12SSi2. The largest absolute Gasteiger partial charge is 0.543 e. The number of hydrogen-bond acceptors (Lipinski definition) is 13. The Balaban J connectivity index is 2.60. The minimum Gasteiger partial charge on any atom is -0.543 e. The van der Waals surface area contributed by atoms with Gasteiger partial charge in [0.25, 0.3) is 5.69 Å². The van der Waals surface area contributed by atoms with E-state index >= 15 is 0 Å². The standard InChI is InChI=1S/C40H63N3O12SSi2/c1-25-30(54-57(12,13)39(5,6)7)20-31(55-58(14,15)40(8,9)10)28(34(25)36(47)52-22-26-16-18-27(19-17-26)43(49)50)23-56-24-29(35(46)51-11)41-32(44)21-33(45)42-37(48)53-38(2,3)4/h16-20,29,33,45H,21-24H2,1-15H3,(H,41,44)(H,42,48)/t29-,33+/m1/s1. The zero-order valence-electron chi connectivity index (χ0n) is 36.7. The molecule has 0 radical (unpaired) electrons. The summed E-state index contributed by atoms with van der Waals surface area (Å²) >= 11 is 1.23.